The van der Waals surface area contributed by atoms with Crippen molar-refractivity contribution in [3.05, 3.63) is 89.5 Å². The fourth-order valence-corrected chi connectivity index (χ4v) is 6.30. The minimum Gasteiger partial charge on any atom is -0.496 e. The number of nitrogens with one attached hydrogen (secondary N) is 2. The number of para-hydroxylation sites is 2. The highest BCUT2D eigenvalue weighted by Crippen LogP contribution is 2.26. The molecule has 1 unspecified atom stereocenters. The molecule has 5 amide bonds. The zero-order chi connectivity index (χ0) is 37.1. The number of hydrogen-bond donors (Lipinski definition) is 2. The number of urea groups is 1. The van der Waals surface area contributed by atoms with Gasteiger partial charge in [0.15, 0.2) is 0 Å². The zero-order valence-corrected chi connectivity index (χ0v) is 31.2. The van der Waals surface area contributed by atoms with Crippen LogP contribution < -0.4 is 20.1 Å². The molecule has 1 atom stereocenters. The first kappa shape index (κ1) is 39.9. The number of anilines is 1. The molecular formula is C42H56N4O6. The van der Waals surface area contributed by atoms with Crippen molar-refractivity contribution in [2.45, 2.75) is 110 Å². The van der Waals surface area contributed by atoms with Gasteiger partial charge in [-0.05, 0) is 49.2 Å². The minimum absolute atomic E-state index is 0.0313. The highest BCUT2D eigenvalue weighted by molar-refractivity contribution is 6.03. The molecule has 3 aromatic carbocycles. The average Bonchev–Trinajstić information content (AvgIpc) is 3.41. The number of ether oxygens (including phenoxy) is 2. The van der Waals surface area contributed by atoms with E-state index in [-0.39, 0.29) is 24.6 Å². The summed E-state index contributed by atoms with van der Waals surface area (Å²) in [5.74, 6) is -0.181. The zero-order valence-electron chi connectivity index (χ0n) is 31.2. The number of rotatable bonds is 23. The molecule has 2 N–H and O–H groups in total. The number of methoxy groups -OCH3 is 1. The number of hydrogen-bond acceptors (Lipinski definition) is 6. The Labute approximate surface area is 309 Å². The Morgan fingerprint density at radius 1 is 0.769 bits per heavy atom. The van der Waals surface area contributed by atoms with Crippen LogP contribution in [0.1, 0.15) is 112 Å². The van der Waals surface area contributed by atoms with Crippen molar-refractivity contribution < 1.29 is 28.7 Å². The quantitative estimate of drug-likeness (QED) is 0.0753. The van der Waals surface area contributed by atoms with Crippen LogP contribution in [0.15, 0.2) is 72.8 Å². The summed E-state index contributed by atoms with van der Waals surface area (Å²) >= 11 is 0. The molecule has 0 bridgehead atoms. The van der Waals surface area contributed by atoms with Gasteiger partial charge in [-0.1, -0.05) is 120 Å². The number of benzene rings is 3. The lowest BCUT2D eigenvalue weighted by molar-refractivity contribution is -0.125. The highest BCUT2D eigenvalue weighted by Gasteiger charge is 2.36. The number of nitrogens with zero attached hydrogens (tertiary/aromatic N) is 2. The molecule has 10 heteroatoms. The number of unbranched alkanes of at least 4 members (excludes halogenated alkanes) is 11. The van der Waals surface area contributed by atoms with Crippen LogP contribution in [0.4, 0.5) is 10.5 Å². The van der Waals surface area contributed by atoms with Gasteiger partial charge in [-0.25, -0.2) is 4.79 Å². The summed E-state index contributed by atoms with van der Waals surface area (Å²) in [4.78, 5) is 55.1. The second kappa shape index (κ2) is 21.5. The van der Waals surface area contributed by atoms with Gasteiger partial charge in [-0.2, -0.15) is 0 Å². The van der Waals surface area contributed by atoms with Crippen molar-refractivity contribution >= 4 is 29.4 Å². The van der Waals surface area contributed by atoms with E-state index >= 15 is 0 Å². The molecule has 1 saturated heterocycles. The molecule has 0 saturated carbocycles. The van der Waals surface area contributed by atoms with Gasteiger partial charge >= 0.3 is 6.03 Å². The van der Waals surface area contributed by atoms with Crippen molar-refractivity contribution in [2.24, 2.45) is 0 Å². The van der Waals surface area contributed by atoms with E-state index in [2.05, 4.69) is 17.6 Å². The number of imide groups is 1. The van der Waals surface area contributed by atoms with Gasteiger partial charge in [0.25, 0.3) is 11.8 Å². The standard InChI is InChI=1S/C42H56N4O6/c1-4-5-6-7-8-9-10-11-12-13-14-20-27-52-38-24-19-18-23-36(38)44-40(48)32(2)43-41(49)34-25-26-37(51-3)35(28-34)30-46-39(47)31-45(42(46)50)29-33-21-16-15-17-22-33/h15-19,21-26,28,32H,4-14,20,27,29-31H2,1-3H3,(H,43,49)(H,44,48). The first-order chi connectivity index (χ1) is 25.3. The summed E-state index contributed by atoms with van der Waals surface area (Å²) < 4.78 is 11.5. The van der Waals surface area contributed by atoms with Crippen LogP contribution in [0.2, 0.25) is 0 Å². The van der Waals surface area contributed by atoms with E-state index in [0.717, 1.165) is 23.3 Å². The third-order valence-electron chi connectivity index (χ3n) is 9.36. The molecule has 0 aromatic heterocycles. The van der Waals surface area contributed by atoms with Gasteiger partial charge in [0, 0.05) is 17.7 Å². The molecule has 1 fully saturated rings. The van der Waals surface area contributed by atoms with E-state index in [1.54, 1.807) is 31.2 Å². The predicted octanol–water partition coefficient (Wildman–Crippen LogP) is 8.50. The van der Waals surface area contributed by atoms with Crippen molar-refractivity contribution in [2.75, 3.05) is 25.6 Å². The Hall–Kier alpha value is -4.86. The molecule has 1 aliphatic heterocycles. The second-order valence-electron chi connectivity index (χ2n) is 13.5. The number of carbonyl (C=O) groups excluding carboxylic acids is 4. The summed E-state index contributed by atoms with van der Waals surface area (Å²) in [5, 5.41) is 5.64. The normalized spacial score (nSPS) is 13.3. The Kier molecular flexibility index (Phi) is 16.5. The molecule has 52 heavy (non-hydrogen) atoms. The van der Waals surface area contributed by atoms with Crippen molar-refractivity contribution in [3.63, 3.8) is 0 Å². The minimum atomic E-state index is -0.865. The molecule has 0 aliphatic carbocycles. The Morgan fingerprint density at radius 2 is 1.40 bits per heavy atom. The smallest absolute Gasteiger partial charge is 0.327 e. The molecule has 280 valence electrons. The fourth-order valence-electron chi connectivity index (χ4n) is 6.30. The lowest BCUT2D eigenvalue weighted by Gasteiger charge is -2.19. The van der Waals surface area contributed by atoms with Crippen LogP contribution in [-0.4, -0.2) is 59.9 Å². The molecule has 1 aliphatic rings. The maximum absolute atomic E-state index is 13.3. The van der Waals surface area contributed by atoms with Crippen LogP contribution in [0.25, 0.3) is 0 Å². The summed E-state index contributed by atoms with van der Waals surface area (Å²) in [5.41, 5.74) is 2.22. The second-order valence-corrected chi connectivity index (χ2v) is 13.5. The molecule has 1 heterocycles. The van der Waals surface area contributed by atoms with Gasteiger partial charge in [0.1, 0.15) is 24.1 Å². The lowest BCUT2D eigenvalue weighted by Crippen LogP contribution is -2.41. The number of amides is 5. The van der Waals surface area contributed by atoms with Gasteiger partial charge in [-0.15, -0.1) is 0 Å². The van der Waals surface area contributed by atoms with Crippen LogP contribution in [0, 0.1) is 0 Å². The monoisotopic (exact) mass is 712 g/mol. The van der Waals surface area contributed by atoms with E-state index in [4.69, 9.17) is 9.47 Å². The summed E-state index contributed by atoms with van der Waals surface area (Å²) in [6, 6.07) is 20.3. The molecule has 4 rings (SSSR count). The van der Waals surface area contributed by atoms with Crippen molar-refractivity contribution in [1.82, 2.24) is 15.1 Å². The molecule has 10 nitrogen and oxygen atoms in total. The van der Waals surface area contributed by atoms with Crippen LogP contribution in [0.5, 0.6) is 11.5 Å². The molecular weight excluding hydrogens is 656 g/mol. The summed E-state index contributed by atoms with van der Waals surface area (Å²) in [6.07, 6.45) is 15.2. The van der Waals surface area contributed by atoms with Gasteiger partial charge in [0.2, 0.25) is 5.91 Å². The van der Waals surface area contributed by atoms with Crippen LogP contribution in [-0.2, 0) is 22.7 Å². The molecule has 3 aromatic rings. The fraction of sp³-hybridized carbons (Fsp3) is 0.476. The third-order valence-corrected chi connectivity index (χ3v) is 9.36. The molecule has 0 radical (unpaired) electrons. The van der Waals surface area contributed by atoms with Gasteiger partial charge < -0.3 is 25.0 Å². The maximum atomic E-state index is 13.3. The highest BCUT2D eigenvalue weighted by atomic mass is 16.5. The predicted molar refractivity (Wildman–Crippen MR) is 204 cm³/mol. The van der Waals surface area contributed by atoms with E-state index < -0.39 is 23.9 Å². The maximum Gasteiger partial charge on any atom is 0.327 e. The Morgan fingerprint density at radius 3 is 2.08 bits per heavy atom. The van der Waals surface area contributed by atoms with Crippen LogP contribution >= 0.6 is 0 Å². The van der Waals surface area contributed by atoms with Crippen molar-refractivity contribution in [1.29, 1.82) is 0 Å². The van der Waals surface area contributed by atoms with Gasteiger partial charge in [-0.3, -0.25) is 19.3 Å². The van der Waals surface area contributed by atoms with Crippen LogP contribution in [0.3, 0.4) is 0 Å². The third kappa shape index (κ3) is 12.4. The first-order valence-corrected chi connectivity index (χ1v) is 18.9. The summed E-state index contributed by atoms with van der Waals surface area (Å²) in [7, 11) is 1.49. The van der Waals surface area contributed by atoms with E-state index in [1.165, 1.54) is 76.2 Å². The first-order valence-electron chi connectivity index (χ1n) is 18.9. The largest absolute Gasteiger partial charge is 0.496 e. The van der Waals surface area contributed by atoms with Gasteiger partial charge in [0.05, 0.1) is 25.9 Å². The number of carbonyl (C=O) groups is 4. The SMILES string of the molecule is CCCCCCCCCCCCCCOc1ccccc1NC(=O)C(C)NC(=O)c1ccc(OC)c(CN2C(=O)CN(Cc3ccccc3)C2=O)c1. The van der Waals surface area contributed by atoms with E-state index in [0.29, 0.717) is 35.9 Å². The average molecular weight is 713 g/mol. The van der Waals surface area contributed by atoms with Crippen molar-refractivity contribution in [3.8, 4) is 11.5 Å². The van der Waals surface area contributed by atoms with E-state index in [1.807, 2.05) is 48.5 Å². The summed E-state index contributed by atoms with van der Waals surface area (Å²) in [6.45, 7) is 4.66. The Bertz CT molecular complexity index is 1600. The topological polar surface area (TPSA) is 117 Å². The lowest BCUT2D eigenvalue weighted by atomic mass is 10.1. The molecule has 0 spiro atoms. The van der Waals surface area contributed by atoms with E-state index in [9.17, 15) is 19.2 Å². The Balaban J connectivity index is 1.23.